The van der Waals surface area contributed by atoms with E-state index in [1.807, 2.05) is 45.9 Å². The van der Waals surface area contributed by atoms with Crippen LogP contribution in [0.4, 0.5) is 0 Å². The second kappa shape index (κ2) is 10.7. The molecule has 1 fully saturated rings. The van der Waals surface area contributed by atoms with Crippen LogP contribution in [0, 0.1) is 13.8 Å². The van der Waals surface area contributed by atoms with Gasteiger partial charge in [0.25, 0.3) is 11.7 Å². The van der Waals surface area contributed by atoms with Crippen molar-refractivity contribution in [2.45, 2.75) is 40.7 Å². The molecule has 3 rings (SSSR count). The van der Waals surface area contributed by atoms with Crippen LogP contribution < -0.4 is 4.74 Å². The quantitative estimate of drug-likeness (QED) is 0.209. The average molecular weight is 465 g/mol. The monoisotopic (exact) mass is 464 g/mol. The lowest BCUT2D eigenvalue weighted by molar-refractivity contribution is -0.140. The number of amides is 1. The van der Waals surface area contributed by atoms with Gasteiger partial charge in [-0.05, 0) is 56.3 Å². The maximum Gasteiger partial charge on any atom is 0.308 e. The number of aryl methyl sites for hydroxylation is 2. The van der Waals surface area contributed by atoms with E-state index >= 15 is 0 Å². The van der Waals surface area contributed by atoms with Crippen molar-refractivity contribution in [3.63, 3.8) is 0 Å². The fourth-order valence-corrected chi connectivity index (χ4v) is 4.27. The second-order valence-corrected chi connectivity index (χ2v) is 8.50. The molecular formula is C27H32N2O5. The van der Waals surface area contributed by atoms with Crippen molar-refractivity contribution < 1.29 is 24.2 Å². The lowest BCUT2D eigenvalue weighted by atomic mass is 9.93. The number of hydrogen-bond acceptors (Lipinski definition) is 6. The standard InChI is InChI=1S/C27H32N2O5/c1-6-28(7-2)14-15-29-24(20-10-12-21(13-11-20)34-19(5)30)23(26(32)27(29)33)25(31)22-16-17(3)8-9-18(22)4/h8-13,16,24,31H,6-7,14-15H2,1-5H3/b25-23+. The van der Waals surface area contributed by atoms with Gasteiger partial charge in [-0.2, -0.15) is 0 Å². The molecule has 2 aromatic carbocycles. The molecule has 34 heavy (non-hydrogen) atoms. The van der Waals surface area contributed by atoms with Gasteiger partial charge in [0.05, 0.1) is 11.6 Å². The first-order valence-corrected chi connectivity index (χ1v) is 11.5. The van der Waals surface area contributed by atoms with Crippen molar-refractivity contribution in [3.8, 4) is 5.75 Å². The highest BCUT2D eigenvalue weighted by atomic mass is 16.5. The Bertz CT molecular complexity index is 1120. The Morgan fingerprint density at radius 2 is 1.71 bits per heavy atom. The highest BCUT2D eigenvalue weighted by Crippen LogP contribution is 2.40. The number of esters is 1. The van der Waals surface area contributed by atoms with Gasteiger partial charge in [-0.25, -0.2) is 0 Å². The Labute approximate surface area is 200 Å². The summed E-state index contributed by atoms with van der Waals surface area (Å²) in [5.41, 5.74) is 3.00. The number of ketones is 1. The first kappa shape index (κ1) is 25.2. The third kappa shape index (κ3) is 5.20. The van der Waals surface area contributed by atoms with Crippen molar-refractivity contribution in [2.24, 2.45) is 0 Å². The number of carbonyl (C=O) groups excluding carboxylic acids is 3. The van der Waals surface area contributed by atoms with Gasteiger partial charge >= 0.3 is 5.97 Å². The molecule has 0 aromatic heterocycles. The van der Waals surface area contributed by atoms with Crippen molar-refractivity contribution in [3.05, 3.63) is 70.3 Å². The number of likely N-dealkylation sites (tertiary alicyclic amines) is 1. The van der Waals surface area contributed by atoms with Gasteiger partial charge < -0.3 is 19.6 Å². The molecule has 0 saturated carbocycles. The molecule has 180 valence electrons. The van der Waals surface area contributed by atoms with Crippen LogP contribution in [0.1, 0.15) is 49.1 Å². The van der Waals surface area contributed by atoms with Gasteiger partial charge in [-0.15, -0.1) is 0 Å². The van der Waals surface area contributed by atoms with E-state index in [4.69, 9.17) is 4.74 Å². The van der Waals surface area contributed by atoms with Crippen LogP contribution in [-0.2, 0) is 14.4 Å². The maximum absolute atomic E-state index is 13.2. The van der Waals surface area contributed by atoms with Crippen LogP contribution in [-0.4, -0.2) is 58.7 Å². The van der Waals surface area contributed by atoms with Crippen LogP contribution in [0.5, 0.6) is 5.75 Å². The fraction of sp³-hybridized carbons (Fsp3) is 0.370. The Kier molecular flexibility index (Phi) is 7.89. The van der Waals surface area contributed by atoms with Crippen LogP contribution in [0.2, 0.25) is 0 Å². The minimum absolute atomic E-state index is 0.0680. The van der Waals surface area contributed by atoms with E-state index in [0.717, 1.165) is 24.2 Å². The molecule has 1 aliphatic rings. The molecule has 7 heteroatoms. The Morgan fingerprint density at radius 1 is 1.06 bits per heavy atom. The van der Waals surface area contributed by atoms with Gasteiger partial charge in [0.2, 0.25) is 0 Å². The minimum atomic E-state index is -0.748. The summed E-state index contributed by atoms with van der Waals surface area (Å²) >= 11 is 0. The smallest absolute Gasteiger partial charge is 0.308 e. The summed E-state index contributed by atoms with van der Waals surface area (Å²) in [6.07, 6.45) is 0. The SMILES string of the molecule is CCN(CC)CCN1C(=O)C(=O)/C(=C(/O)c2cc(C)ccc2C)C1c1ccc(OC(C)=O)cc1. The number of likely N-dealkylation sites (N-methyl/N-ethyl adjacent to an activating group) is 1. The molecule has 0 bridgehead atoms. The lowest BCUT2D eigenvalue weighted by Crippen LogP contribution is -2.38. The number of benzene rings is 2. The molecule has 1 heterocycles. The molecule has 0 spiro atoms. The number of hydrogen-bond donors (Lipinski definition) is 1. The molecular weight excluding hydrogens is 432 g/mol. The van der Waals surface area contributed by atoms with E-state index < -0.39 is 23.7 Å². The third-order valence-electron chi connectivity index (χ3n) is 6.20. The van der Waals surface area contributed by atoms with Crippen molar-refractivity contribution in [2.75, 3.05) is 26.2 Å². The predicted octanol–water partition coefficient (Wildman–Crippen LogP) is 3.99. The lowest BCUT2D eigenvalue weighted by Gasteiger charge is -2.28. The normalized spacial score (nSPS) is 17.5. The summed E-state index contributed by atoms with van der Waals surface area (Å²) in [5, 5.41) is 11.3. The number of nitrogens with zero attached hydrogens (tertiary/aromatic N) is 2. The topological polar surface area (TPSA) is 87.2 Å². The summed E-state index contributed by atoms with van der Waals surface area (Å²) in [5.74, 6) is -1.59. The molecule has 0 aliphatic carbocycles. The third-order valence-corrected chi connectivity index (χ3v) is 6.20. The Hall–Kier alpha value is -3.45. The summed E-state index contributed by atoms with van der Waals surface area (Å²) in [7, 11) is 0. The summed E-state index contributed by atoms with van der Waals surface area (Å²) in [4.78, 5) is 41.3. The van der Waals surface area contributed by atoms with Crippen molar-refractivity contribution >= 4 is 23.4 Å². The molecule has 7 nitrogen and oxygen atoms in total. The first-order chi connectivity index (χ1) is 16.2. The predicted molar refractivity (Wildman–Crippen MR) is 130 cm³/mol. The number of carbonyl (C=O) groups is 3. The van der Waals surface area contributed by atoms with Crippen LogP contribution >= 0.6 is 0 Å². The van der Waals surface area contributed by atoms with Gasteiger partial charge in [-0.1, -0.05) is 43.7 Å². The summed E-state index contributed by atoms with van der Waals surface area (Å²) in [6.45, 7) is 11.8. The van der Waals surface area contributed by atoms with E-state index in [1.165, 1.54) is 11.8 Å². The fourth-order valence-electron chi connectivity index (χ4n) is 4.27. The summed E-state index contributed by atoms with van der Waals surface area (Å²) < 4.78 is 5.13. The average Bonchev–Trinajstić information content (AvgIpc) is 3.06. The highest BCUT2D eigenvalue weighted by Gasteiger charge is 2.46. The minimum Gasteiger partial charge on any atom is -0.507 e. The molecule has 1 atom stereocenters. The molecule has 0 radical (unpaired) electrons. The van der Waals surface area contributed by atoms with E-state index in [0.29, 0.717) is 30.0 Å². The number of aliphatic hydroxyl groups excluding tert-OH is 1. The zero-order chi connectivity index (χ0) is 25.0. The molecule has 1 aliphatic heterocycles. The van der Waals surface area contributed by atoms with Gasteiger partial charge in [0, 0.05) is 25.6 Å². The van der Waals surface area contributed by atoms with E-state index in [1.54, 1.807) is 24.3 Å². The molecule has 1 unspecified atom stereocenters. The second-order valence-electron chi connectivity index (χ2n) is 8.50. The zero-order valence-corrected chi connectivity index (χ0v) is 20.4. The summed E-state index contributed by atoms with van der Waals surface area (Å²) in [6, 6.07) is 11.6. The van der Waals surface area contributed by atoms with Crippen LogP contribution in [0.15, 0.2) is 48.0 Å². The Balaban J connectivity index is 2.12. The van der Waals surface area contributed by atoms with E-state index in [9.17, 15) is 19.5 Å². The molecule has 1 amide bonds. The number of ether oxygens (including phenoxy) is 1. The maximum atomic E-state index is 13.2. The van der Waals surface area contributed by atoms with Gasteiger partial charge in [-0.3, -0.25) is 14.4 Å². The van der Waals surface area contributed by atoms with E-state index in [2.05, 4.69) is 4.90 Å². The molecule has 1 N–H and O–H groups in total. The number of Topliss-reactive ketones (excluding diaryl/α,β-unsaturated/α-hetero) is 1. The van der Waals surface area contributed by atoms with Crippen LogP contribution in [0.25, 0.3) is 5.76 Å². The number of rotatable bonds is 8. The van der Waals surface area contributed by atoms with E-state index in [-0.39, 0.29) is 11.3 Å². The molecule has 1 saturated heterocycles. The zero-order valence-electron chi connectivity index (χ0n) is 20.4. The van der Waals surface area contributed by atoms with Crippen LogP contribution in [0.3, 0.4) is 0 Å². The van der Waals surface area contributed by atoms with Crippen molar-refractivity contribution in [1.29, 1.82) is 0 Å². The number of aliphatic hydroxyl groups is 1. The van der Waals surface area contributed by atoms with Gasteiger partial charge in [0.1, 0.15) is 11.5 Å². The largest absolute Gasteiger partial charge is 0.507 e. The highest BCUT2D eigenvalue weighted by molar-refractivity contribution is 6.46. The van der Waals surface area contributed by atoms with Gasteiger partial charge in [0.15, 0.2) is 0 Å². The van der Waals surface area contributed by atoms with Crippen molar-refractivity contribution in [1.82, 2.24) is 9.80 Å². The first-order valence-electron chi connectivity index (χ1n) is 11.5. The molecule has 2 aromatic rings. The Morgan fingerprint density at radius 3 is 2.29 bits per heavy atom.